The van der Waals surface area contributed by atoms with Gasteiger partial charge in [-0.15, -0.1) is 11.3 Å². The van der Waals surface area contributed by atoms with Crippen molar-refractivity contribution in [1.29, 1.82) is 0 Å². The van der Waals surface area contributed by atoms with Gasteiger partial charge in [0, 0.05) is 62.5 Å². The zero-order chi connectivity index (χ0) is 19.7. The van der Waals surface area contributed by atoms with Gasteiger partial charge in [-0.1, -0.05) is 6.07 Å². The zero-order valence-corrected chi connectivity index (χ0v) is 18.0. The second-order valence-corrected chi connectivity index (χ2v) is 9.07. The number of hydrogen-bond acceptors (Lipinski definition) is 5. The number of aromatic nitrogens is 2. The summed E-state index contributed by atoms with van der Waals surface area (Å²) < 4.78 is 1.97. The molecule has 152 valence electrons. The first-order valence-electron chi connectivity index (χ1n) is 10.3. The summed E-state index contributed by atoms with van der Waals surface area (Å²) in [5.41, 5.74) is 3.73. The van der Waals surface area contributed by atoms with Crippen molar-refractivity contribution in [2.45, 2.75) is 39.3 Å². The lowest BCUT2D eigenvalue weighted by Crippen LogP contribution is -2.49. The van der Waals surface area contributed by atoms with Crippen LogP contribution in [0.5, 0.6) is 0 Å². The number of hydrogen-bond donors (Lipinski definition) is 0. The van der Waals surface area contributed by atoms with Crippen molar-refractivity contribution in [3.63, 3.8) is 0 Å². The average molecular weight is 402 g/mol. The molecular weight excluding hydrogens is 370 g/mol. The SMILES string of the molecule is Cc1nn(C)c(C)c1CN1CCN(CC(=O)N2CCCC2c2cccs2)CC1. The van der Waals surface area contributed by atoms with Crippen LogP contribution in [0, 0.1) is 13.8 Å². The molecule has 2 aliphatic heterocycles. The molecule has 0 N–H and O–H groups in total. The highest BCUT2D eigenvalue weighted by Gasteiger charge is 2.31. The van der Waals surface area contributed by atoms with Crippen LogP contribution in [0.1, 0.15) is 40.7 Å². The molecule has 1 unspecified atom stereocenters. The molecule has 4 heterocycles. The Morgan fingerprint density at radius 2 is 1.93 bits per heavy atom. The summed E-state index contributed by atoms with van der Waals surface area (Å²) in [4.78, 5) is 21.2. The maximum Gasteiger partial charge on any atom is 0.237 e. The molecule has 0 aromatic carbocycles. The van der Waals surface area contributed by atoms with Gasteiger partial charge in [0.25, 0.3) is 0 Å². The van der Waals surface area contributed by atoms with Gasteiger partial charge in [-0.2, -0.15) is 5.10 Å². The standard InChI is InChI=1S/C21H31N5OS/c1-16-18(17(2)23(3)22-16)14-24-9-11-25(12-10-24)15-21(27)26-8-4-6-19(26)20-7-5-13-28-20/h5,7,13,19H,4,6,8-12,14-15H2,1-3H3. The number of piperazine rings is 1. The van der Waals surface area contributed by atoms with E-state index >= 15 is 0 Å². The number of likely N-dealkylation sites (tertiary alicyclic amines) is 1. The summed E-state index contributed by atoms with van der Waals surface area (Å²) in [7, 11) is 2.01. The molecule has 4 rings (SSSR count). The van der Waals surface area contributed by atoms with Crippen LogP contribution in [0.3, 0.4) is 0 Å². The molecule has 6 nitrogen and oxygen atoms in total. The Balaban J connectivity index is 1.29. The van der Waals surface area contributed by atoms with Gasteiger partial charge in [-0.05, 0) is 38.1 Å². The number of rotatable bonds is 5. The smallest absolute Gasteiger partial charge is 0.237 e. The summed E-state index contributed by atoms with van der Waals surface area (Å²) in [5, 5.41) is 6.65. The number of carbonyl (C=O) groups excluding carboxylic acids is 1. The second-order valence-electron chi connectivity index (χ2n) is 8.09. The Labute approximate surface area is 171 Å². The van der Waals surface area contributed by atoms with Crippen LogP contribution in [0.2, 0.25) is 0 Å². The van der Waals surface area contributed by atoms with Crippen molar-refractivity contribution in [2.75, 3.05) is 39.3 Å². The molecule has 0 saturated carbocycles. The van der Waals surface area contributed by atoms with E-state index in [-0.39, 0.29) is 0 Å². The molecule has 0 radical (unpaired) electrons. The third-order valence-electron chi connectivity index (χ3n) is 6.31. The van der Waals surface area contributed by atoms with Gasteiger partial charge in [0.1, 0.15) is 0 Å². The van der Waals surface area contributed by atoms with E-state index in [4.69, 9.17) is 0 Å². The van der Waals surface area contributed by atoms with Crippen LogP contribution in [0.4, 0.5) is 0 Å². The predicted octanol–water partition coefficient (Wildman–Crippen LogP) is 2.58. The molecule has 1 amide bonds. The van der Waals surface area contributed by atoms with E-state index in [0.29, 0.717) is 18.5 Å². The Morgan fingerprint density at radius 1 is 1.18 bits per heavy atom. The maximum atomic E-state index is 12.9. The highest BCUT2D eigenvalue weighted by Crippen LogP contribution is 2.34. The average Bonchev–Trinajstić information content (AvgIpc) is 3.41. The number of thiophene rings is 1. The van der Waals surface area contributed by atoms with Crippen molar-refractivity contribution in [3.8, 4) is 0 Å². The van der Waals surface area contributed by atoms with Gasteiger partial charge in [0.05, 0.1) is 18.3 Å². The zero-order valence-electron chi connectivity index (χ0n) is 17.2. The number of nitrogens with zero attached hydrogens (tertiary/aromatic N) is 5. The minimum Gasteiger partial charge on any atom is -0.334 e. The summed E-state index contributed by atoms with van der Waals surface area (Å²) in [6.45, 7) is 10.6. The fourth-order valence-electron chi connectivity index (χ4n) is 4.50. The number of aryl methyl sites for hydroxylation is 2. The van der Waals surface area contributed by atoms with Crippen LogP contribution < -0.4 is 0 Å². The van der Waals surface area contributed by atoms with E-state index in [2.05, 4.69) is 51.2 Å². The highest BCUT2D eigenvalue weighted by atomic mass is 32.1. The largest absolute Gasteiger partial charge is 0.334 e. The quantitative estimate of drug-likeness (QED) is 0.773. The molecule has 2 aromatic rings. The second kappa shape index (κ2) is 8.35. The van der Waals surface area contributed by atoms with E-state index in [0.717, 1.165) is 57.8 Å². The minimum absolute atomic E-state index is 0.295. The maximum absolute atomic E-state index is 12.9. The van der Waals surface area contributed by atoms with E-state index in [9.17, 15) is 4.79 Å². The molecule has 0 spiro atoms. The van der Waals surface area contributed by atoms with Gasteiger partial charge in [0.2, 0.25) is 5.91 Å². The number of amides is 1. The van der Waals surface area contributed by atoms with Gasteiger partial charge in [-0.25, -0.2) is 0 Å². The Kier molecular flexibility index (Phi) is 5.85. The normalized spacial score (nSPS) is 21.5. The molecule has 0 aliphatic carbocycles. The van der Waals surface area contributed by atoms with E-state index in [1.807, 2.05) is 11.7 Å². The van der Waals surface area contributed by atoms with E-state index in [1.165, 1.54) is 16.1 Å². The van der Waals surface area contributed by atoms with Crippen LogP contribution in [0.25, 0.3) is 0 Å². The molecule has 1 atom stereocenters. The van der Waals surface area contributed by atoms with Crippen LogP contribution in [-0.2, 0) is 18.4 Å². The molecule has 28 heavy (non-hydrogen) atoms. The van der Waals surface area contributed by atoms with Crippen molar-refractivity contribution in [2.24, 2.45) is 7.05 Å². The molecule has 2 aliphatic rings. The van der Waals surface area contributed by atoms with Crippen LogP contribution in [0.15, 0.2) is 17.5 Å². The molecule has 2 saturated heterocycles. The van der Waals surface area contributed by atoms with Gasteiger partial charge in [0.15, 0.2) is 0 Å². The third kappa shape index (κ3) is 4.02. The third-order valence-corrected chi connectivity index (χ3v) is 7.28. The van der Waals surface area contributed by atoms with Gasteiger partial charge in [-0.3, -0.25) is 19.3 Å². The fourth-order valence-corrected chi connectivity index (χ4v) is 5.37. The molecular formula is C21H31N5OS. The van der Waals surface area contributed by atoms with Crippen LogP contribution in [-0.4, -0.2) is 69.7 Å². The summed E-state index contributed by atoms with van der Waals surface area (Å²) >= 11 is 1.77. The minimum atomic E-state index is 0.295. The Hall–Kier alpha value is -1.70. The lowest BCUT2D eigenvalue weighted by Gasteiger charge is -2.35. The summed E-state index contributed by atoms with van der Waals surface area (Å²) in [6, 6.07) is 4.55. The topological polar surface area (TPSA) is 44.6 Å². The van der Waals surface area contributed by atoms with Crippen LogP contribution >= 0.6 is 11.3 Å². The fraction of sp³-hybridized carbons (Fsp3) is 0.619. The predicted molar refractivity (Wildman–Crippen MR) is 112 cm³/mol. The number of carbonyl (C=O) groups is 1. The van der Waals surface area contributed by atoms with Gasteiger partial charge < -0.3 is 4.90 Å². The lowest BCUT2D eigenvalue weighted by atomic mass is 10.1. The Bertz CT molecular complexity index is 807. The first kappa shape index (κ1) is 19.6. The van der Waals surface area contributed by atoms with Crippen molar-refractivity contribution < 1.29 is 4.79 Å². The molecule has 0 bridgehead atoms. The monoisotopic (exact) mass is 401 g/mol. The molecule has 2 fully saturated rings. The van der Waals surface area contributed by atoms with Crippen molar-refractivity contribution in [1.82, 2.24) is 24.5 Å². The lowest BCUT2D eigenvalue weighted by molar-refractivity contribution is -0.133. The summed E-state index contributed by atoms with van der Waals surface area (Å²) in [5.74, 6) is 0.295. The first-order valence-corrected chi connectivity index (χ1v) is 11.2. The van der Waals surface area contributed by atoms with Gasteiger partial charge >= 0.3 is 0 Å². The van der Waals surface area contributed by atoms with Crippen molar-refractivity contribution in [3.05, 3.63) is 39.3 Å². The Morgan fingerprint density at radius 3 is 2.57 bits per heavy atom. The molecule has 2 aromatic heterocycles. The van der Waals surface area contributed by atoms with E-state index < -0.39 is 0 Å². The highest BCUT2D eigenvalue weighted by molar-refractivity contribution is 7.10. The van der Waals surface area contributed by atoms with E-state index in [1.54, 1.807) is 11.3 Å². The summed E-state index contributed by atoms with van der Waals surface area (Å²) in [6.07, 6.45) is 2.22. The van der Waals surface area contributed by atoms with Crippen molar-refractivity contribution >= 4 is 17.2 Å². The first-order chi connectivity index (χ1) is 13.5. The molecule has 7 heteroatoms.